The number of nitrogens with one attached hydrogen (secondary N) is 3. The van der Waals surface area contributed by atoms with Crippen LogP contribution in [-0.2, 0) is 19.1 Å². The second kappa shape index (κ2) is 15.3. The highest BCUT2D eigenvalue weighted by atomic mass is 79.9. The fourth-order valence-electron chi connectivity index (χ4n) is 3.80. The molecule has 13 nitrogen and oxygen atoms in total. The number of urea groups is 1. The molecule has 0 spiro atoms. The summed E-state index contributed by atoms with van der Waals surface area (Å²) < 4.78 is 26.8. The van der Waals surface area contributed by atoms with E-state index in [0.717, 1.165) is 0 Å². The number of methoxy groups -OCH3 is 2. The van der Waals surface area contributed by atoms with Gasteiger partial charge in [0.05, 0.1) is 48.2 Å². The molecule has 15 heteroatoms. The molecule has 2 amide bonds. The molecule has 4 N–H and O–H groups in total. The predicted octanol–water partition coefficient (Wildman–Crippen LogP) is 3.17. The second-order valence-electron chi connectivity index (χ2n) is 8.59. The van der Waals surface area contributed by atoms with Crippen molar-refractivity contribution in [2.24, 2.45) is 5.10 Å². The van der Waals surface area contributed by atoms with Crippen molar-refractivity contribution >= 4 is 51.7 Å². The second-order valence-corrected chi connectivity index (χ2v) is 9.86. The number of hydrogen-bond acceptors (Lipinski definition) is 11. The SMILES string of the molecule is CCOc1cc([C@@H]2NC(=O)NC(C)=C2C(=O)OC)ccc1OC[C@@H](O)N/N=C\c1cc(Cl)c(OCC(=O)OC)c(Br)c1. The van der Waals surface area contributed by atoms with Crippen molar-refractivity contribution in [1.82, 2.24) is 16.1 Å². The molecule has 0 saturated heterocycles. The predicted molar refractivity (Wildman–Crippen MR) is 156 cm³/mol. The van der Waals surface area contributed by atoms with Crippen LogP contribution < -0.4 is 30.3 Å². The number of amides is 2. The van der Waals surface area contributed by atoms with Crippen LogP contribution in [0, 0.1) is 0 Å². The van der Waals surface area contributed by atoms with E-state index in [1.807, 2.05) is 0 Å². The minimum absolute atomic E-state index is 0.196. The average molecular weight is 670 g/mol. The Kier molecular flexibility index (Phi) is 11.8. The molecule has 0 saturated carbocycles. The van der Waals surface area contributed by atoms with Gasteiger partial charge >= 0.3 is 18.0 Å². The molecule has 1 heterocycles. The van der Waals surface area contributed by atoms with Crippen molar-refractivity contribution in [3.05, 3.63) is 62.2 Å². The van der Waals surface area contributed by atoms with E-state index in [4.69, 9.17) is 30.5 Å². The van der Waals surface area contributed by atoms with E-state index in [0.29, 0.717) is 39.4 Å². The Labute approximate surface area is 255 Å². The number of rotatable bonds is 13. The number of nitrogens with zero attached hydrogens (tertiary/aromatic N) is 1. The molecule has 0 aliphatic carbocycles. The lowest BCUT2D eigenvalue weighted by Crippen LogP contribution is -2.45. The van der Waals surface area contributed by atoms with Crippen molar-refractivity contribution in [1.29, 1.82) is 0 Å². The number of aliphatic hydroxyl groups excluding tert-OH is 1. The third-order valence-electron chi connectivity index (χ3n) is 5.69. The first kappa shape index (κ1) is 32.5. The number of halogens is 2. The first-order chi connectivity index (χ1) is 20.1. The maximum atomic E-state index is 12.4. The zero-order valence-corrected chi connectivity index (χ0v) is 25.5. The van der Waals surface area contributed by atoms with Gasteiger partial charge in [-0.2, -0.15) is 5.10 Å². The van der Waals surface area contributed by atoms with Gasteiger partial charge in [-0.15, -0.1) is 0 Å². The van der Waals surface area contributed by atoms with Gasteiger partial charge in [-0.05, 0) is 65.2 Å². The molecule has 1 aliphatic rings. The van der Waals surface area contributed by atoms with Gasteiger partial charge in [0.25, 0.3) is 0 Å². The first-order valence-electron chi connectivity index (χ1n) is 12.5. The molecule has 0 unspecified atom stereocenters. The highest BCUT2D eigenvalue weighted by molar-refractivity contribution is 9.10. The fourth-order valence-corrected chi connectivity index (χ4v) is 4.79. The maximum Gasteiger partial charge on any atom is 0.343 e. The van der Waals surface area contributed by atoms with Gasteiger partial charge in [-0.3, -0.25) is 5.43 Å². The van der Waals surface area contributed by atoms with Crippen molar-refractivity contribution in [3.63, 3.8) is 0 Å². The summed E-state index contributed by atoms with van der Waals surface area (Å²) in [4.78, 5) is 35.8. The smallest absolute Gasteiger partial charge is 0.343 e. The van der Waals surface area contributed by atoms with Gasteiger partial charge in [0.1, 0.15) is 6.61 Å². The number of benzene rings is 2. The molecule has 0 fully saturated rings. The lowest BCUT2D eigenvalue weighted by atomic mass is 9.95. The number of carbonyl (C=O) groups is 3. The van der Waals surface area contributed by atoms with E-state index in [1.54, 1.807) is 44.2 Å². The highest BCUT2D eigenvalue weighted by Gasteiger charge is 2.32. The number of allylic oxidation sites excluding steroid dienone is 1. The van der Waals surface area contributed by atoms with Gasteiger partial charge in [-0.25, -0.2) is 14.4 Å². The van der Waals surface area contributed by atoms with Gasteiger partial charge in [0.2, 0.25) is 0 Å². The number of carbonyl (C=O) groups excluding carboxylic acids is 3. The molecule has 0 aromatic heterocycles. The number of hydrogen-bond donors (Lipinski definition) is 4. The van der Waals surface area contributed by atoms with E-state index in [-0.39, 0.29) is 29.6 Å². The molecule has 0 radical (unpaired) electrons. The zero-order valence-electron chi connectivity index (χ0n) is 23.2. The van der Waals surface area contributed by atoms with Crippen LogP contribution in [0.4, 0.5) is 4.79 Å². The summed E-state index contributed by atoms with van der Waals surface area (Å²) in [7, 11) is 2.51. The Morgan fingerprint density at radius 3 is 2.60 bits per heavy atom. The zero-order chi connectivity index (χ0) is 30.8. The van der Waals surface area contributed by atoms with Crippen LogP contribution in [0.1, 0.15) is 31.0 Å². The first-order valence-corrected chi connectivity index (χ1v) is 13.7. The summed E-state index contributed by atoms with van der Waals surface area (Å²) in [6, 6.07) is 6.91. The highest BCUT2D eigenvalue weighted by Crippen LogP contribution is 2.35. The summed E-state index contributed by atoms with van der Waals surface area (Å²) in [5.41, 5.74) is 4.32. The van der Waals surface area contributed by atoms with Crippen LogP contribution in [0.15, 0.2) is 51.2 Å². The molecule has 2 atom stereocenters. The summed E-state index contributed by atoms with van der Waals surface area (Å²) in [6.07, 6.45) is 0.226. The molecule has 1 aliphatic heterocycles. The Balaban J connectivity index is 1.65. The van der Waals surface area contributed by atoms with E-state index >= 15 is 0 Å². The normalized spacial score (nSPS) is 15.4. The Bertz CT molecular complexity index is 1360. The van der Waals surface area contributed by atoms with Crippen molar-refractivity contribution in [2.75, 3.05) is 34.0 Å². The third kappa shape index (κ3) is 8.50. The summed E-state index contributed by atoms with van der Waals surface area (Å²) >= 11 is 9.58. The van der Waals surface area contributed by atoms with E-state index in [9.17, 15) is 19.5 Å². The third-order valence-corrected chi connectivity index (χ3v) is 6.56. The van der Waals surface area contributed by atoms with Gasteiger partial charge in [-0.1, -0.05) is 17.7 Å². The van der Waals surface area contributed by atoms with Crippen LogP contribution in [-0.4, -0.2) is 69.6 Å². The minimum atomic E-state index is -1.20. The lowest BCUT2D eigenvalue weighted by molar-refractivity contribution is -0.143. The summed E-state index contributed by atoms with van der Waals surface area (Å²) in [5, 5.41) is 19.9. The van der Waals surface area contributed by atoms with Crippen molar-refractivity contribution in [3.8, 4) is 17.2 Å². The van der Waals surface area contributed by atoms with E-state index in [1.165, 1.54) is 20.4 Å². The Morgan fingerprint density at radius 1 is 1.17 bits per heavy atom. The van der Waals surface area contributed by atoms with E-state index < -0.39 is 30.2 Å². The Hall–Kier alpha value is -4.01. The Morgan fingerprint density at radius 2 is 1.93 bits per heavy atom. The van der Waals surface area contributed by atoms with Crippen LogP contribution >= 0.6 is 27.5 Å². The summed E-state index contributed by atoms with van der Waals surface area (Å²) in [5.74, 6) is -0.204. The molecular weight excluding hydrogens is 640 g/mol. The molecule has 2 aromatic carbocycles. The number of esters is 2. The van der Waals surface area contributed by atoms with Crippen LogP contribution in [0.25, 0.3) is 0 Å². The topological polar surface area (TPSA) is 166 Å². The van der Waals surface area contributed by atoms with Gasteiger partial charge in [0, 0.05) is 5.70 Å². The average Bonchev–Trinajstić information content (AvgIpc) is 2.95. The minimum Gasteiger partial charge on any atom is -0.490 e. The van der Waals surface area contributed by atoms with Crippen molar-refractivity contribution in [2.45, 2.75) is 26.1 Å². The maximum absolute atomic E-state index is 12.4. The van der Waals surface area contributed by atoms with E-state index in [2.05, 4.69) is 41.8 Å². The van der Waals surface area contributed by atoms with Gasteiger partial charge < -0.3 is 39.4 Å². The number of ether oxygens (including phenoxy) is 5. The monoisotopic (exact) mass is 668 g/mol. The van der Waals surface area contributed by atoms with Crippen molar-refractivity contribution < 1.29 is 43.2 Å². The molecule has 226 valence electrons. The number of aliphatic hydroxyl groups is 1. The standard InChI is InChI=1S/C27H30BrClN4O9/c1-5-40-20-10-16(24-23(26(36)39-4)14(2)31-27(37)32-24)6-7-19(20)41-12-21(34)33-30-11-15-8-17(28)25(18(29)9-15)42-13-22(35)38-3/h6-11,21,24,33-34H,5,12-13H2,1-4H3,(H2,31,32,37)/b30-11-/t21-,24+/m1/s1. The van der Waals surface area contributed by atoms with Gasteiger partial charge in [0.15, 0.2) is 30.1 Å². The fraction of sp³-hybridized carbons (Fsp3) is 0.333. The molecule has 2 aromatic rings. The molecule has 42 heavy (non-hydrogen) atoms. The molecule has 0 bridgehead atoms. The largest absolute Gasteiger partial charge is 0.490 e. The molecular formula is C27H30BrClN4O9. The lowest BCUT2D eigenvalue weighted by Gasteiger charge is -2.28. The molecule has 3 rings (SSSR count). The van der Waals surface area contributed by atoms with Crippen LogP contribution in [0.5, 0.6) is 17.2 Å². The van der Waals surface area contributed by atoms with Crippen LogP contribution in [0.3, 0.4) is 0 Å². The summed E-state index contributed by atoms with van der Waals surface area (Å²) in [6.45, 7) is 3.22. The number of hydrazone groups is 1. The van der Waals surface area contributed by atoms with Crippen LogP contribution in [0.2, 0.25) is 5.02 Å². The quantitative estimate of drug-likeness (QED) is 0.108.